The minimum atomic E-state index is -0.841. The third kappa shape index (κ3) is 4.03. The number of carbonyl (C=O) groups excluding carboxylic acids is 2. The highest BCUT2D eigenvalue weighted by Gasteiger charge is 2.17. The predicted octanol–water partition coefficient (Wildman–Crippen LogP) is 4.20. The van der Waals surface area contributed by atoms with Crippen LogP contribution < -0.4 is 10.6 Å². The van der Waals surface area contributed by atoms with Crippen molar-refractivity contribution < 1.29 is 14.0 Å². The van der Waals surface area contributed by atoms with E-state index in [2.05, 4.69) is 21.2 Å². The Kier molecular flexibility index (Phi) is 4.93. The number of carbonyl (C=O) groups is 2. The second kappa shape index (κ2) is 6.69. The maximum atomic E-state index is 13.6. The minimum absolute atomic E-state index is 0.233. The van der Waals surface area contributed by atoms with Gasteiger partial charge in [-0.1, -0.05) is 17.7 Å². The number of imide groups is 1. The molecule has 0 spiro atoms. The standard InChI is InChI=1S/C14H9BrClFN2O2/c15-10-2-1-3-11(17)12(10)13(20)19-14(21)18-9-6-4-8(16)5-7-9/h1-7H,(H2,18,19,20,21). The molecule has 0 unspecified atom stereocenters. The van der Waals surface area contributed by atoms with Gasteiger partial charge in [0.1, 0.15) is 5.82 Å². The first-order valence-electron chi connectivity index (χ1n) is 5.79. The summed E-state index contributed by atoms with van der Waals surface area (Å²) in [6.45, 7) is 0. The Morgan fingerprint density at radius 3 is 2.38 bits per heavy atom. The Hall–Kier alpha value is -1.92. The second-order valence-electron chi connectivity index (χ2n) is 4.01. The summed E-state index contributed by atoms with van der Waals surface area (Å²) >= 11 is 8.78. The van der Waals surface area contributed by atoms with Gasteiger partial charge in [-0.2, -0.15) is 0 Å². The minimum Gasteiger partial charge on any atom is -0.308 e. The highest BCUT2D eigenvalue weighted by Crippen LogP contribution is 2.19. The summed E-state index contributed by atoms with van der Waals surface area (Å²) in [5.41, 5.74) is 0.223. The summed E-state index contributed by atoms with van der Waals surface area (Å²) in [4.78, 5) is 23.6. The lowest BCUT2D eigenvalue weighted by molar-refractivity contribution is 0.0962. The Morgan fingerprint density at radius 2 is 1.76 bits per heavy atom. The van der Waals surface area contributed by atoms with E-state index in [-0.39, 0.29) is 10.0 Å². The van der Waals surface area contributed by atoms with Crippen LogP contribution in [0.2, 0.25) is 5.02 Å². The van der Waals surface area contributed by atoms with Crippen LogP contribution >= 0.6 is 27.5 Å². The molecule has 7 heteroatoms. The number of anilines is 1. The van der Waals surface area contributed by atoms with Crippen LogP contribution in [0.3, 0.4) is 0 Å². The molecule has 21 heavy (non-hydrogen) atoms. The molecule has 0 bridgehead atoms. The van der Waals surface area contributed by atoms with Gasteiger partial charge in [0.05, 0.1) is 5.56 Å². The predicted molar refractivity (Wildman–Crippen MR) is 82.0 cm³/mol. The number of rotatable bonds is 2. The van der Waals surface area contributed by atoms with Gasteiger partial charge in [0.25, 0.3) is 5.91 Å². The van der Waals surface area contributed by atoms with E-state index in [1.807, 2.05) is 5.32 Å². The van der Waals surface area contributed by atoms with Gasteiger partial charge in [-0.15, -0.1) is 0 Å². The van der Waals surface area contributed by atoms with Crippen molar-refractivity contribution in [3.8, 4) is 0 Å². The van der Waals surface area contributed by atoms with Crippen LogP contribution in [0.4, 0.5) is 14.9 Å². The Morgan fingerprint density at radius 1 is 1.10 bits per heavy atom. The fourth-order valence-electron chi connectivity index (χ4n) is 1.58. The molecule has 108 valence electrons. The first-order valence-corrected chi connectivity index (χ1v) is 6.96. The fourth-order valence-corrected chi connectivity index (χ4v) is 2.22. The van der Waals surface area contributed by atoms with Gasteiger partial charge in [-0.3, -0.25) is 10.1 Å². The number of benzene rings is 2. The number of amides is 3. The highest BCUT2D eigenvalue weighted by molar-refractivity contribution is 9.10. The average Bonchev–Trinajstić information content (AvgIpc) is 2.41. The zero-order valence-corrected chi connectivity index (χ0v) is 12.8. The highest BCUT2D eigenvalue weighted by atomic mass is 79.9. The fraction of sp³-hybridized carbons (Fsp3) is 0. The summed E-state index contributed by atoms with van der Waals surface area (Å²) in [5, 5.41) is 5.01. The van der Waals surface area contributed by atoms with E-state index >= 15 is 0 Å². The number of halogens is 3. The van der Waals surface area contributed by atoms with Crippen molar-refractivity contribution in [2.24, 2.45) is 0 Å². The summed E-state index contributed by atoms with van der Waals surface area (Å²) in [6.07, 6.45) is 0. The number of hydrogen-bond acceptors (Lipinski definition) is 2. The van der Waals surface area contributed by atoms with Crippen molar-refractivity contribution in [1.82, 2.24) is 5.32 Å². The number of urea groups is 1. The van der Waals surface area contributed by atoms with E-state index < -0.39 is 17.8 Å². The quantitative estimate of drug-likeness (QED) is 0.831. The van der Waals surface area contributed by atoms with Crippen molar-refractivity contribution in [2.45, 2.75) is 0 Å². The van der Waals surface area contributed by atoms with Gasteiger partial charge in [0.15, 0.2) is 0 Å². The molecule has 0 radical (unpaired) electrons. The van der Waals surface area contributed by atoms with E-state index in [1.54, 1.807) is 24.3 Å². The maximum Gasteiger partial charge on any atom is 0.326 e. The van der Waals surface area contributed by atoms with Crippen LogP contribution in [0.25, 0.3) is 0 Å². The van der Waals surface area contributed by atoms with E-state index in [0.29, 0.717) is 10.7 Å². The largest absolute Gasteiger partial charge is 0.326 e. The molecule has 2 rings (SSSR count). The van der Waals surface area contributed by atoms with Crippen molar-refractivity contribution in [3.05, 3.63) is 63.3 Å². The Balaban J connectivity index is 2.06. The van der Waals surface area contributed by atoms with Crippen LogP contribution in [0, 0.1) is 5.82 Å². The number of hydrogen-bond donors (Lipinski definition) is 2. The Bertz CT molecular complexity index is 672. The van der Waals surface area contributed by atoms with Gasteiger partial charge >= 0.3 is 6.03 Å². The first-order chi connectivity index (χ1) is 9.97. The molecular weight excluding hydrogens is 363 g/mol. The van der Waals surface area contributed by atoms with E-state index in [9.17, 15) is 14.0 Å². The molecule has 3 amide bonds. The normalized spacial score (nSPS) is 10.0. The monoisotopic (exact) mass is 370 g/mol. The van der Waals surface area contributed by atoms with Gasteiger partial charge < -0.3 is 5.32 Å². The zero-order valence-electron chi connectivity index (χ0n) is 10.5. The van der Waals surface area contributed by atoms with Crippen molar-refractivity contribution in [2.75, 3.05) is 5.32 Å². The molecule has 2 aromatic rings. The topological polar surface area (TPSA) is 58.2 Å². The molecule has 4 nitrogen and oxygen atoms in total. The van der Waals surface area contributed by atoms with E-state index in [1.165, 1.54) is 12.1 Å². The van der Waals surface area contributed by atoms with Gasteiger partial charge in [-0.25, -0.2) is 9.18 Å². The molecule has 0 saturated carbocycles. The molecular formula is C14H9BrClFN2O2. The summed E-state index contributed by atoms with van der Waals surface area (Å²) in [5.74, 6) is -1.56. The molecule has 0 aliphatic heterocycles. The third-order valence-electron chi connectivity index (χ3n) is 2.52. The lowest BCUT2D eigenvalue weighted by atomic mass is 10.2. The van der Waals surface area contributed by atoms with Crippen LogP contribution in [0.15, 0.2) is 46.9 Å². The van der Waals surface area contributed by atoms with Crippen LogP contribution in [0.5, 0.6) is 0 Å². The van der Waals surface area contributed by atoms with Crippen molar-refractivity contribution in [1.29, 1.82) is 0 Å². The molecule has 0 saturated heterocycles. The zero-order chi connectivity index (χ0) is 15.4. The first kappa shape index (κ1) is 15.5. The number of nitrogens with one attached hydrogen (secondary N) is 2. The molecule has 0 aliphatic carbocycles. The lowest BCUT2D eigenvalue weighted by Crippen LogP contribution is -2.35. The third-order valence-corrected chi connectivity index (χ3v) is 3.43. The molecule has 0 aromatic heterocycles. The average molecular weight is 372 g/mol. The molecule has 0 aliphatic rings. The Labute approximate surface area is 133 Å². The van der Waals surface area contributed by atoms with Crippen LogP contribution in [-0.4, -0.2) is 11.9 Å². The van der Waals surface area contributed by atoms with Crippen LogP contribution in [-0.2, 0) is 0 Å². The lowest BCUT2D eigenvalue weighted by Gasteiger charge is -2.08. The smallest absolute Gasteiger partial charge is 0.308 e. The molecule has 2 N–H and O–H groups in total. The van der Waals surface area contributed by atoms with Crippen molar-refractivity contribution in [3.63, 3.8) is 0 Å². The van der Waals surface area contributed by atoms with Gasteiger partial charge in [0, 0.05) is 15.2 Å². The molecule has 2 aromatic carbocycles. The van der Waals surface area contributed by atoms with E-state index in [4.69, 9.17) is 11.6 Å². The summed E-state index contributed by atoms with van der Waals surface area (Å²) < 4.78 is 13.8. The van der Waals surface area contributed by atoms with Gasteiger partial charge in [-0.05, 0) is 52.3 Å². The molecule has 0 heterocycles. The SMILES string of the molecule is O=C(NC(=O)c1c(F)cccc1Br)Nc1ccc(Cl)cc1. The molecule has 0 fully saturated rings. The maximum absolute atomic E-state index is 13.6. The van der Waals surface area contributed by atoms with Crippen molar-refractivity contribution >= 4 is 45.2 Å². The van der Waals surface area contributed by atoms with E-state index in [0.717, 1.165) is 6.07 Å². The van der Waals surface area contributed by atoms with Gasteiger partial charge in [0.2, 0.25) is 0 Å². The molecule has 0 atom stereocenters. The summed E-state index contributed by atoms with van der Waals surface area (Å²) in [7, 11) is 0. The summed E-state index contributed by atoms with van der Waals surface area (Å²) in [6, 6.07) is 9.66. The van der Waals surface area contributed by atoms with Crippen LogP contribution in [0.1, 0.15) is 10.4 Å². The second-order valence-corrected chi connectivity index (χ2v) is 5.30.